The van der Waals surface area contributed by atoms with Gasteiger partial charge in [-0.15, -0.1) is 0 Å². The van der Waals surface area contributed by atoms with Gasteiger partial charge in [0.1, 0.15) is 11.9 Å². The van der Waals surface area contributed by atoms with Gasteiger partial charge in [-0.05, 0) is 69.0 Å². The van der Waals surface area contributed by atoms with E-state index in [-0.39, 0.29) is 24.1 Å². The number of likely N-dealkylation sites (tertiary alicyclic amines) is 1. The third-order valence-corrected chi connectivity index (χ3v) is 9.51. The summed E-state index contributed by atoms with van der Waals surface area (Å²) in [6, 6.07) is 9.78. The highest BCUT2D eigenvalue weighted by atomic mass is 16.2. The van der Waals surface area contributed by atoms with Crippen molar-refractivity contribution in [3.63, 3.8) is 0 Å². The number of piperidine rings is 2. The average Bonchev–Trinajstić information content (AvgIpc) is 3.57. The zero-order valence-electron chi connectivity index (χ0n) is 22.4. The summed E-state index contributed by atoms with van der Waals surface area (Å²) in [4.78, 5) is 51.0. The molecule has 1 unspecified atom stereocenters. The first-order valence-corrected chi connectivity index (χ1v) is 14.4. The van der Waals surface area contributed by atoms with Crippen LogP contribution in [0.1, 0.15) is 60.0 Å². The van der Waals surface area contributed by atoms with Gasteiger partial charge in [0, 0.05) is 74.1 Å². The minimum Gasteiger partial charge on any atom is -0.370 e. The van der Waals surface area contributed by atoms with Gasteiger partial charge in [0.2, 0.25) is 11.8 Å². The summed E-state index contributed by atoms with van der Waals surface area (Å²) in [6.07, 6.45) is 7.61. The first-order chi connectivity index (χ1) is 19.0. The predicted molar refractivity (Wildman–Crippen MR) is 147 cm³/mol. The molecule has 0 saturated carbocycles. The van der Waals surface area contributed by atoms with E-state index in [1.807, 2.05) is 12.1 Å². The van der Waals surface area contributed by atoms with Gasteiger partial charge >= 0.3 is 0 Å². The Hall–Kier alpha value is -3.46. The summed E-state index contributed by atoms with van der Waals surface area (Å²) in [5, 5.41) is 2.39. The van der Waals surface area contributed by atoms with Gasteiger partial charge in [-0.25, -0.2) is 4.98 Å². The Morgan fingerprint density at radius 3 is 2.46 bits per heavy atom. The molecule has 3 amide bonds. The molecule has 6 heterocycles. The molecular formula is C30H36N6O3. The topological polar surface area (TPSA) is 89.1 Å². The fourth-order valence-corrected chi connectivity index (χ4v) is 7.20. The molecule has 4 fully saturated rings. The number of imide groups is 1. The van der Waals surface area contributed by atoms with Crippen LogP contribution in [-0.2, 0) is 22.7 Å². The number of hydrogen-bond acceptors (Lipinski definition) is 7. The monoisotopic (exact) mass is 528 g/mol. The third-order valence-electron chi connectivity index (χ3n) is 9.51. The molecule has 1 spiro atoms. The number of anilines is 2. The van der Waals surface area contributed by atoms with E-state index >= 15 is 0 Å². The Labute approximate surface area is 229 Å². The molecule has 9 nitrogen and oxygen atoms in total. The molecule has 1 aromatic heterocycles. The number of pyridine rings is 1. The lowest BCUT2D eigenvalue weighted by Gasteiger charge is -2.55. The molecule has 1 atom stereocenters. The molecule has 7 rings (SSSR count). The lowest BCUT2D eigenvalue weighted by atomic mass is 9.71. The van der Waals surface area contributed by atoms with Crippen LogP contribution < -0.4 is 15.1 Å². The van der Waals surface area contributed by atoms with Crippen molar-refractivity contribution in [3.8, 4) is 0 Å². The molecule has 0 bridgehead atoms. The quantitative estimate of drug-likeness (QED) is 0.597. The van der Waals surface area contributed by atoms with E-state index in [4.69, 9.17) is 4.98 Å². The Kier molecular flexibility index (Phi) is 6.06. The summed E-state index contributed by atoms with van der Waals surface area (Å²) < 4.78 is 0. The zero-order valence-corrected chi connectivity index (χ0v) is 22.4. The van der Waals surface area contributed by atoms with Gasteiger partial charge in [-0.3, -0.25) is 24.6 Å². The van der Waals surface area contributed by atoms with E-state index in [2.05, 4.69) is 44.4 Å². The SMILES string of the molecule is O=C1CCC(N2Cc3c(cccc3N3CC4(CCN(Cc5ccc(N6CCCC6)nc5)CC4)C3)C2=O)C(=O)N1. The standard InChI is InChI=1S/C30H36N6O3/c37-27-9-7-25(28(38)32-27)36-18-23-22(29(36)39)4-3-5-24(23)35-19-30(20-35)10-14-33(15-11-30)17-21-6-8-26(31-16-21)34-12-1-2-13-34/h3-6,8,16,25H,1-2,7,9-15,17-20H2,(H,32,37,38). The zero-order chi connectivity index (χ0) is 26.6. The van der Waals surface area contributed by atoms with Crippen molar-refractivity contribution in [2.24, 2.45) is 5.41 Å². The third kappa shape index (κ3) is 4.46. The number of carbonyl (C=O) groups excluding carboxylic acids is 3. The van der Waals surface area contributed by atoms with Crippen LogP contribution in [0.2, 0.25) is 0 Å². The van der Waals surface area contributed by atoms with Crippen molar-refractivity contribution in [1.29, 1.82) is 0 Å². The number of rotatable bonds is 5. The van der Waals surface area contributed by atoms with Crippen LogP contribution in [0.3, 0.4) is 0 Å². The number of benzene rings is 1. The van der Waals surface area contributed by atoms with Crippen LogP contribution in [0.5, 0.6) is 0 Å². The van der Waals surface area contributed by atoms with Crippen LogP contribution in [0.15, 0.2) is 36.5 Å². The molecule has 1 N–H and O–H groups in total. The maximum atomic E-state index is 13.2. The van der Waals surface area contributed by atoms with Crippen molar-refractivity contribution >= 4 is 29.2 Å². The van der Waals surface area contributed by atoms with Crippen molar-refractivity contribution < 1.29 is 14.4 Å². The summed E-state index contributed by atoms with van der Waals surface area (Å²) in [5.74, 6) is 0.387. The Morgan fingerprint density at radius 2 is 1.74 bits per heavy atom. The molecule has 4 saturated heterocycles. The number of aromatic nitrogens is 1. The Morgan fingerprint density at radius 1 is 0.949 bits per heavy atom. The Balaban J connectivity index is 0.954. The maximum Gasteiger partial charge on any atom is 0.255 e. The summed E-state index contributed by atoms with van der Waals surface area (Å²) in [5.41, 5.74) is 4.45. The summed E-state index contributed by atoms with van der Waals surface area (Å²) in [6.45, 7) is 7.84. The van der Waals surface area contributed by atoms with Crippen LogP contribution in [0.4, 0.5) is 11.5 Å². The molecule has 2 aromatic rings. The number of carbonyl (C=O) groups is 3. The molecule has 1 aromatic carbocycles. The molecular weight excluding hydrogens is 492 g/mol. The van der Waals surface area contributed by atoms with Crippen molar-refractivity contribution in [2.75, 3.05) is 49.1 Å². The maximum absolute atomic E-state index is 13.2. The van der Waals surface area contributed by atoms with E-state index in [1.165, 1.54) is 31.2 Å². The lowest BCUT2D eigenvalue weighted by Crippen LogP contribution is -2.60. The molecule has 9 heteroatoms. The largest absolute Gasteiger partial charge is 0.370 e. The average molecular weight is 529 g/mol. The van der Waals surface area contributed by atoms with E-state index in [1.54, 1.807) is 4.90 Å². The van der Waals surface area contributed by atoms with Gasteiger partial charge in [0.15, 0.2) is 0 Å². The highest BCUT2D eigenvalue weighted by molar-refractivity contribution is 6.06. The predicted octanol–water partition coefficient (Wildman–Crippen LogP) is 2.55. The Bertz CT molecular complexity index is 1290. The van der Waals surface area contributed by atoms with Crippen LogP contribution in [0, 0.1) is 5.41 Å². The second kappa shape index (κ2) is 9.62. The smallest absolute Gasteiger partial charge is 0.255 e. The first kappa shape index (κ1) is 24.6. The fourth-order valence-electron chi connectivity index (χ4n) is 7.20. The van der Waals surface area contributed by atoms with Crippen molar-refractivity contribution in [2.45, 2.75) is 57.7 Å². The normalized spacial score (nSPS) is 24.8. The molecule has 0 radical (unpaired) electrons. The van der Waals surface area contributed by atoms with Gasteiger partial charge in [-0.2, -0.15) is 0 Å². The van der Waals surface area contributed by atoms with Gasteiger partial charge in [0.05, 0.1) is 0 Å². The van der Waals surface area contributed by atoms with Crippen LogP contribution in [-0.4, -0.2) is 77.8 Å². The van der Waals surface area contributed by atoms with Gasteiger partial charge < -0.3 is 14.7 Å². The van der Waals surface area contributed by atoms with Gasteiger partial charge in [-0.1, -0.05) is 12.1 Å². The number of fused-ring (bicyclic) bond motifs is 1. The second-order valence-electron chi connectivity index (χ2n) is 12.1. The number of amides is 3. The van der Waals surface area contributed by atoms with Crippen LogP contribution in [0.25, 0.3) is 0 Å². The number of hydrogen-bond donors (Lipinski definition) is 1. The second-order valence-corrected chi connectivity index (χ2v) is 12.1. The molecule has 5 aliphatic rings. The molecule has 5 aliphatic heterocycles. The van der Waals surface area contributed by atoms with Crippen molar-refractivity contribution in [1.82, 2.24) is 20.1 Å². The first-order valence-electron chi connectivity index (χ1n) is 14.4. The van der Waals surface area contributed by atoms with E-state index in [9.17, 15) is 14.4 Å². The van der Waals surface area contributed by atoms with E-state index in [0.717, 1.165) is 62.9 Å². The van der Waals surface area contributed by atoms with Crippen LogP contribution >= 0.6 is 0 Å². The fraction of sp³-hybridized carbons (Fsp3) is 0.533. The summed E-state index contributed by atoms with van der Waals surface area (Å²) in [7, 11) is 0. The molecule has 0 aliphatic carbocycles. The molecule has 39 heavy (non-hydrogen) atoms. The van der Waals surface area contributed by atoms with E-state index in [0.29, 0.717) is 23.9 Å². The van der Waals surface area contributed by atoms with Crippen molar-refractivity contribution in [3.05, 3.63) is 53.2 Å². The highest BCUT2D eigenvalue weighted by Gasteiger charge is 2.47. The summed E-state index contributed by atoms with van der Waals surface area (Å²) >= 11 is 0. The van der Waals surface area contributed by atoms with E-state index < -0.39 is 6.04 Å². The minimum absolute atomic E-state index is 0.104. The van der Waals surface area contributed by atoms with Gasteiger partial charge in [0.25, 0.3) is 5.91 Å². The number of nitrogens with zero attached hydrogens (tertiary/aromatic N) is 5. The lowest BCUT2D eigenvalue weighted by molar-refractivity contribution is -0.136. The highest BCUT2D eigenvalue weighted by Crippen LogP contribution is 2.45. The molecule has 204 valence electrons. The minimum atomic E-state index is -0.575. The number of nitrogens with one attached hydrogen (secondary N) is 1.